The van der Waals surface area contributed by atoms with E-state index in [1.807, 2.05) is 0 Å². The Hall–Kier alpha value is -1.79. The topological polar surface area (TPSA) is 48.4 Å². The maximum absolute atomic E-state index is 13.5. The van der Waals surface area contributed by atoms with Crippen LogP contribution in [0.15, 0.2) is 6.20 Å². The van der Waals surface area contributed by atoms with Crippen molar-refractivity contribution in [3.05, 3.63) is 23.1 Å². The molecular weight excluding hydrogens is 239 g/mol. The van der Waals surface area contributed by atoms with Crippen LogP contribution in [-0.4, -0.2) is 24.7 Å². The van der Waals surface area contributed by atoms with Gasteiger partial charge < -0.3 is 9.47 Å². The van der Waals surface area contributed by atoms with Crippen LogP contribution in [0.25, 0.3) is 0 Å². The molecule has 0 atom stereocenters. The van der Waals surface area contributed by atoms with Gasteiger partial charge in [0, 0.05) is 6.20 Å². The molecule has 0 amide bonds. The molecule has 94 valence electrons. The lowest BCUT2D eigenvalue weighted by Gasteiger charge is -2.10. The zero-order valence-corrected chi connectivity index (χ0v) is 9.17. The highest BCUT2D eigenvalue weighted by Gasteiger charge is 2.27. The summed E-state index contributed by atoms with van der Waals surface area (Å²) in [5, 5.41) is 0. The van der Waals surface area contributed by atoms with E-state index >= 15 is 0 Å². The molecule has 0 radical (unpaired) electrons. The van der Waals surface area contributed by atoms with Crippen molar-refractivity contribution in [3.63, 3.8) is 0 Å². The summed E-state index contributed by atoms with van der Waals surface area (Å²) < 4.78 is 47.8. The number of alkyl halides is 2. The van der Waals surface area contributed by atoms with Crippen LogP contribution >= 0.6 is 0 Å². The van der Waals surface area contributed by atoms with Gasteiger partial charge in [-0.2, -0.15) is 0 Å². The van der Waals surface area contributed by atoms with E-state index in [0.29, 0.717) is 0 Å². The second kappa shape index (κ2) is 5.51. The molecular formula is C10H10F3NO3. The summed E-state index contributed by atoms with van der Waals surface area (Å²) in [4.78, 5) is 14.7. The van der Waals surface area contributed by atoms with Gasteiger partial charge in [0.15, 0.2) is 5.82 Å². The molecule has 0 aliphatic rings. The van der Waals surface area contributed by atoms with Crippen molar-refractivity contribution >= 4 is 5.97 Å². The van der Waals surface area contributed by atoms with Crippen molar-refractivity contribution in [2.75, 3.05) is 13.7 Å². The lowest BCUT2D eigenvalue weighted by molar-refractivity contribution is 0.0512. The molecule has 0 saturated heterocycles. The van der Waals surface area contributed by atoms with Gasteiger partial charge in [0.1, 0.15) is 0 Å². The fraction of sp³-hybridized carbons (Fsp3) is 0.400. The summed E-state index contributed by atoms with van der Waals surface area (Å²) in [6, 6.07) is 0. The lowest BCUT2D eigenvalue weighted by atomic mass is 10.1. The number of methoxy groups -OCH3 is 1. The second-order valence-corrected chi connectivity index (χ2v) is 2.93. The average Bonchev–Trinajstić information content (AvgIpc) is 2.28. The summed E-state index contributed by atoms with van der Waals surface area (Å²) in [5.74, 6) is -2.99. The van der Waals surface area contributed by atoms with E-state index in [4.69, 9.17) is 0 Å². The summed E-state index contributed by atoms with van der Waals surface area (Å²) in [7, 11) is 1.09. The minimum atomic E-state index is -3.16. The minimum Gasteiger partial charge on any atom is -0.479 e. The van der Waals surface area contributed by atoms with Gasteiger partial charge in [0.25, 0.3) is 12.3 Å². The molecule has 0 N–H and O–H groups in total. The number of rotatable bonds is 4. The van der Waals surface area contributed by atoms with E-state index < -0.39 is 35.2 Å². The molecule has 4 nitrogen and oxygen atoms in total. The van der Waals surface area contributed by atoms with E-state index in [2.05, 4.69) is 14.5 Å². The fourth-order valence-electron chi connectivity index (χ4n) is 1.21. The highest BCUT2D eigenvalue weighted by atomic mass is 19.3. The quantitative estimate of drug-likeness (QED) is 0.768. The molecule has 17 heavy (non-hydrogen) atoms. The number of carbonyl (C=O) groups is 1. The summed E-state index contributed by atoms with van der Waals surface area (Å²) in [6.45, 7) is 1.50. The Morgan fingerprint density at radius 3 is 2.65 bits per heavy atom. The van der Waals surface area contributed by atoms with Crippen LogP contribution in [-0.2, 0) is 4.74 Å². The summed E-state index contributed by atoms with van der Waals surface area (Å²) in [5.41, 5.74) is -1.66. The van der Waals surface area contributed by atoms with Crippen LogP contribution in [0.5, 0.6) is 5.88 Å². The maximum Gasteiger partial charge on any atom is 0.340 e. The van der Waals surface area contributed by atoms with Crippen LogP contribution in [0.1, 0.15) is 29.3 Å². The highest BCUT2D eigenvalue weighted by Crippen LogP contribution is 2.30. The van der Waals surface area contributed by atoms with E-state index in [1.54, 1.807) is 0 Å². The number of hydrogen-bond donors (Lipinski definition) is 0. The van der Waals surface area contributed by atoms with Crippen molar-refractivity contribution < 1.29 is 27.4 Å². The van der Waals surface area contributed by atoms with Gasteiger partial charge in [-0.1, -0.05) is 0 Å². The Kier molecular flexibility index (Phi) is 4.30. The van der Waals surface area contributed by atoms with E-state index in [1.165, 1.54) is 6.92 Å². The molecule has 0 aromatic carbocycles. The smallest absolute Gasteiger partial charge is 0.340 e. The zero-order valence-electron chi connectivity index (χ0n) is 9.17. The van der Waals surface area contributed by atoms with Gasteiger partial charge in [-0.05, 0) is 6.92 Å². The number of esters is 1. The molecule has 0 aliphatic heterocycles. The summed E-state index contributed by atoms with van der Waals surface area (Å²) >= 11 is 0. The number of hydrogen-bond acceptors (Lipinski definition) is 4. The van der Waals surface area contributed by atoms with Gasteiger partial charge in [-0.3, -0.25) is 0 Å². The van der Waals surface area contributed by atoms with Gasteiger partial charge in [-0.15, -0.1) is 0 Å². The molecule has 1 aromatic rings. The Balaban J connectivity index is 3.31. The number of pyridine rings is 1. The number of aromatic nitrogens is 1. The Labute approximate surface area is 95.4 Å². The van der Waals surface area contributed by atoms with Gasteiger partial charge in [0.05, 0.1) is 24.8 Å². The van der Waals surface area contributed by atoms with E-state index in [-0.39, 0.29) is 6.61 Å². The van der Waals surface area contributed by atoms with Crippen molar-refractivity contribution in [2.45, 2.75) is 13.3 Å². The van der Waals surface area contributed by atoms with Crippen molar-refractivity contribution in [3.8, 4) is 5.88 Å². The molecule has 1 aromatic heterocycles. The Bertz CT molecular complexity index is 424. The molecule has 0 spiro atoms. The Morgan fingerprint density at radius 1 is 1.53 bits per heavy atom. The third-order valence-electron chi connectivity index (χ3n) is 1.93. The zero-order chi connectivity index (χ0) is 13.0. The molecule has 1 rings (SSSR count). The number of carbonyl (C=O) groups excluding carboxylic acids is 1. The van der Waals surface area contributed by atoms with Crippen LogP contribution in [0.2, 0.25) is 0 Å². The second-order valence-electron chi connectivity index (χ2n) is 2.93. The number of nitrogens with zero attached hydrogens (tertiary/aromatic N) is 1. The van der Waals surface area contributed by atoms with Crippen LogP contribution < -0.4 is 4.74 Å². The van der Waals surface area contributed by atoms with Crippen molar-refractivity contribution in [1.82, 2.24) is 4.98 Å². The van der Waals surface area contributed by atoms with Gasteiger partial charge in [0.2, 0.25) is 0 Å². The predicted molar refractivity (Wildman–Crippen MR) is 51.7 cm³/mol. The monoisotopic (exact) mass is 249 g/mol. The first kappa shape index (κ1) is 13.3. The lowest BCUT2D eigenvalue weighted by Crippen LogP contribution is -2.12. The Morgan fingerprint density at radius 2 is 2.18 bits per heavy atom. The molecule has 0 aliphatic carbocycles. The van der Waals surface area contributed by atoms with Crippen LogP contribution in [0, 0.1) is 5.82 Å². The third kappa shape index (κ3) is 2.66. The average molecular weight is 249 g/mol. The molecule has 0 bridgehead atoms. The first-order chi connectivity index (χ1) is 8.02. The first-order valence-electron chi connectivity index (χ1n) is 4.70. The molecule has 0 unspecified atom stereocenters. The normalized spacial score (nSPS) is 10.5. The molecule has 1 heterocycles. The van der Waals surface area contributed by atoms with Crippen molar-refractivity contribution in [1.29, 1.82) is 0 Å². The van der Waals surface area contributed by atoms with E-state index in [0.717, 1.165) is 13.3 Å². The van der Waals surface area contributed by atoms with E-state index in [9.17, 15) is 18.0 Å². The van der Waals surface area contributed by atoms with Crippen LogP contribution in [0.4, 0.5) is 13.2 Å². The third-order valence-corrected chi connectivity index (χ3v) is 1.93. The highest BCUT2D eigenvalue weighted by molar-refractivity contribution is 5.91. The molecule has 0 fully saturated rings. The van der Waals surface area contributed by atoms with Crippen LogP contribution in [0.3, 0.4) is 0 Å². The molecule has 0 saturated carbocycles. The maximum atomic E-state index is 13.5. The standard InChI is InChI=1S/C10H10F3NO3/c1-3-17-10(15)5-4-14-9(16-2)7(11)6(5)8(12)13/h4,8H,3H2,1-2H3. The largest absolute Gasteiger partial charge is 0.479 e. The summed E-state index contributed by atoms with van der Waals surface area (Å²) in [6.07, 6.45) is -2.35. The predicted octanol–water partition coefficient (Wildman–Crippen LogP) is 2.34. The van der Waals surface area contributed by atoms with Gasteiger partial charge in [-0.25, -0.2) is 22.9 Å². The minimum absolute atomic E-state index is 0.00480. The SMILES string of the molecule is CCOC(=O)c1cnc(OC)c(F)c1C(F)F. The first-order valence-corrected chi connectivity index (χ1v) is 4.70. The number of halogens is 3. The fourth-order valence-corrected chi connectivity index (χ4v) is 1.21. The van der Waals surface area contributed by atoms with Crippen molar-refractivity contribution in [2.24, 2.45) is 0 Å². The number of ether oxygens (including phenoxy) is 2. The van der Waals surface area contributed by atoms with Gasteiger partial charge >= 0.3 is 5.97 Å². The molecule has 7 heteroatoms.